The Labute approximate surface area is 110 Å². The molecule has 17 heavy (non-hydrogen) atoms. The van der Waals surface area contributed by atoms with Crippen molar-refractivity contribution in [1.29, 1.82) is 5.26 Å². The lowest BCUT2D eigenvalue weighted by Gasteiger charge is -2.14. The second-order valence-corrected chi connectivity index (χ2v) is 5.88. The molecule has 0 aromatic carbocycles. The maximum atomic E-state index is 8.77. The van der Waals surface area contributed by atoms with Gasteiger partial charge in [-0.1, -0.05) is 13.0 Å². The highest BCUT2D eigenvalue weighted by Gasteiger charge is 2.09. The lowest BCUT2D eigenvalue weighted by molar-refractivity contribution is 0.529. The van der Waals surface area contributed by atoms with Crippen LogP contribution in [0.4, 0.5) is 0 Å². The molecule has 0 saturated heterocycles. The minimum Gasteiger partial charge on any atom is -0.304 e. The minimum atomic E-state index is 0.419. The summed E-state index contributed by atoms with van der Waals surface area (Å²) >= 11 is 3.35. The Balaban J connectivity index is 1.95. The van der Waals surface area contributed by atoms with Crippen molar-refractivity contribution in [3.63, 3.8) is 0 Å². The van der Waals surface area contributed by atoms with E-state index < -0.39 is 0 Å². The van der Waals surface area contributed by atoms with E-state index in [9.17, 15) is 0 Å². The summed E-state index contributed by atoms with van der Waals surface area (Å²) in [5, 5.41) is 14.4. The number of hydrogen-bond acceptors (Lipinski definition) is 4. The summed E-state index contributed by atoms with van der Waals surface area (Å²) in [4.78, 5) is 3.38. The predicted octanol–water partition coefficient (Wildman–Crippen LogP) is 3.92. The molecule has 1 unspecified atom stereocenters. The van der Waals surface area contributed by atoms with Gasteiger partial charge in [0.25, 0.3) is 0 Å². The van der Waals surface area contributed by atoms with Crippen molar-refractivity contribution in [1.82, 2.24) is 5.32 Å². The summed E-state index contributed by atoms with van der Waals surface area (Å²) < 4.78 is 0. The summed E-state index contributed by atoms with van der Waals surface area (Å²) in [6.45, 7) is 3.02. The zero-order chi connectivity index (χ0) is 12.1. The van der Waals surface area contributed by atoms with Crippen LogP contribution in [0.5, 0.6) is 0 Å². The van der Waals surface area contributed by atoms with Gasteiger partial charge in [0.2, 0.25) is 0 Å². The molecule has 0 radical (unpaired) electrons. The van der Waals surface area contributed by atoms with Gasteiger partial charge in [0.1, 0.15) is 10.9 Å². The van der Waals surface area contributed by atoms with E-state index in [4.69, 9.17) is 5.26 Å². The third-order valence-electron chi connectivity index (χ3n) is 2.59. The van der Waals surface area contributed by atoms with Crippen LogP contribution in [0.3, 0.4) is 0 Å². The van der Waals surface area contributed by atoms with Gasteiger partial charge in [-0.2, -0.15) is 5.26 Å². The van der Waals surface area contributed by atoms with E-state index in [1.165, 1.54) is 9.75 Å². The number of thiophene rings is 2. The van der Waals surface area contributed by atoms with Crippen molar-refractivity contribution in [2.75, 3.05) is 0 Å². The largest absolute Gasteiger partial charge is 0.304 e. The van der Waals surface area contributed by atoms with E-state index in [2.05, 4.69) is 35.8 Å². The van der Waals surface area contributed by atoms with E-state index in [0.29, 0.717) is 6.04 Å². The molecule has 0 spiro atoms. The Kier molecular flexibility index (Phi) is 4.32. The lowest BCUT2D eigenvalue weighted by Crippen LogP contribution is -2.18. The fourth-order valence-electron chi connectivity index (χ4n) is 1.69. The lowest BCUT2D eigenvalue weighted by atomic mass is 10.2. The van der Waals surface area contributed by atoms with Crippen LogP contribution in [-0.4, -0.2) is 0 Å². The van der Waals surface area contributed by atoms with Crippen LogP contribution in [0.15, 0.2) is 29.6 Å². The molecule has 0 bridgehead atoms. The first-order valence-electron chi connectivity index (χ1n) is 5.59. The summed E-state index contributed by atoms with van der Waals surface area (Å²) in [6, 6.07) is 10.8. The van der Waals surface area contributed by atoms with Crippen LogP contribution in [0, 0.1) is 11.3 Å². The molecule has 2 aromatic heterocycles. The smallest absolute Gasteiger partial charge is 0.110 e. The van der Waals surface area contributed by atoms with E-state index in [1.807, 2.05) is 12.1 Å². The highest BCUT2D eigenvalue weighted by atomic mass is 32.1. The summed E-state index contributed by atoms with van der Waals surface area (Å²) in [7, 11) is 0. The van der Waals surface area contributed by atoms with Crippen LogP contribution >= 0.6 is 22.7 Å². The van der Waals surface area contributed by atoms with Crippen LogP contribution in [0.2, 0.25) is 0 Å². The highest BCUT2D eigenvalue weighted by molar-refractivity contribution is 7.12. The minimum absolute atomic E-state index is 0.419. The monoisotopic (exact) mass is 262 g/mol. The summed E-state index contributed by atoms with van der Waals surface area (Å²) in [5.74, 6) is 0. The van der Waals surface area contributed by atoms with Gasteiger partial charge in [0, 0.05) is 22.3 Å². The first-order valence-corrected chi connectivity index (χ1v) is 7.28. The highest BCUT2D eigenvalue weighted by Crippen LogP contribution is 2.23. The molecule has 0 saturated carbocycles. The molecule has 2 heterocycles. The second kappa shape index (κ2) is 5.97. The molecular formula is C13H14N2S2. The molecule has 88 valence electrons. The predicted molar refractivity (Wildman–Crippen MR) is 73.2 cm³/mol. The molecule has 0 amide bonds. The third kappa shape index (κ3) is 3.16. The number of rotatable bonds is 5. The maximum Gasteiger partial charge on any atom is 0.110 e. The molecule has 0 aliphatic carbocycles. The van der Waals surface area contributed by atoms with Crippen LogP contribution in [0.1, 0.15) is 34.0 Å². The van der Waals surface area contributed by atoms with Crippen molar-refractivity contribution in [2.45, 2.75) is 25.9 Å². The zero-order valence-electron chi connectivity index (χ0n) is 9.64. The van der Waals surface area contributed by atoms with Crippen molar-refractivity contribution >= 4 is 22.7 Å². The average molecular weight is 262 g/mol. The SMILES string of the molecule is CCC(NCc1ccc(C#N)s1)c1cccs1. The van der Waals surface area contributed by atoms with Crippen LogP contribution < -0.4 is 5.32 Å². The molecule has 0 fully saturated rings. The van der Waals surface area contributed by atoms with Gasteiger partial charge >= 0.3 is 0 Å². The van der Waals surface area contributed by atoms with Crippen LogP contribution in [0.25, 0.3) is 0 Å². The van der Waals surface area contributed by atoms with E-state index in [0.717, 1.165) is 17.8 Å². The van der Waals surface area contributed by atoms with Crippen molar-refractivity contribution in [2.24, 2.45) is 0 Å². The average Bonchev–Trinajstić information content (AvgIpc) is 3.00. The van der Waals surface area contributed by atoms with Gasteiger partial charge in [-0.3, -0.25) is 0 Å². The number of nitrogens with zero attached hydrogens (tertiary/aromatic N) is 1. The van der Waals surface area contributed by atoms with Crippen molar-refractivity contribution < 1.29 is 0 Å². The molecule has 2 rings (SSSR count). The maximum absolute atomic E-state index is 8.77. The fourth-order valence-corrected chi connectivity index (χ4v) is 3.33. The van der Waals surface area contributed by atoms with Crippen molar-refractivity contribution in [3.05, 3.63) is 44.3 Å². The normalized spacial score (nSPS) is 12.2. The van der Waals surface area contributed by atoms with Gasteiger partial charge in [-0.15, -0.1) is 22.7 Å². The van der Waals surface area contributed by atoms with Gasteiger partial charge in [-0.25, -0.2) is 0 Å². The summed E-state index contributed by atoms with van der Waals surface area (Å²) in [5.41, 5.74) is 0. The zero-order valence-corrected chi connectivity index (χ0v) is 11.3. The van der Waals surface area contributed by atoms with Crippen molar-refractivity contribution in [3.8, 4) is 6.07 Å². The second-order valence-electron chi connectivity index (χ2n) is 3.73. The fraction of sp³-hybridized carbons (Fsp3) is 0.308. The molecule has 2 nitrogen and oxygen atoms in total. The molecule has 0 aliphatic heterocycles. The number of hydrogen-bond donors (Lipinski definition) is 1. The molecule has 1 N–H and O–H groups in total. The van der Waals surface area contributed by atoms with E-state index in [-0.39, 0.29) is 0 Å². The van der Waals surface area contributed by atoms with Gasteiger partial charge < -0.3 is 5.32 Å². The van der Waals surface area contributed by atoms with E-state index >= 15 is 0 Å². The topological polar surface area (TPSA) is 35.8 Å². The first-order chi connectivity index (χ1) is 8.33. The third-order valence-corrected chi connectivity index (χ3v) is 4.57. The Morgan fingerprint density at radius 1 is 1.41 bits per heavy atom. The quantitative estimate of drug-likeness (QED) is 0.886. The molecule has 4 heteroatoms. The number of nitrogens with one attached hydrogen (secondary N) is 1. The van der Waals surface area contributed by atoms with Gasteiger partial charge in [-0.05, 0) is 30.0 Å². The number of nitriles is 1. The van der Waals surface area contributed by atoms with E-state index in [1.54, 1.807) is 22.7 Å². The Hall–Kier alpha value is -1.15. The molecule has 1 atom stereocenters. The Bertz CT molecular complexity index is 494. The molecule has 0 aliphatic rings. The van der Waals surface area contributed by atoms with Crippen LogP contribution in [-0.2, 0) is 6.54 Å². The Morgan fingerprint density at radius 3 is 2.88 bits per heavy atom. The standard InChI is InChI=1S/C13H14N2S2/c1-2-12(13-4-3-7-16-13)15-9-11-6-5-10(8-14)17-11/h3-7,12,15H,2,9H2,1H3. The Morgan fingerprint density at radius 2 is 2.29 bits per heavy atom. The first kappa shape index (κ1) is 12.3. The van der Waals surface area contributed by atoms with Gasteiger partial charge in [0.15, 0.2) is 0 Å². The van der Waals surface area contributed by atoms with Gasteiger partial charge in [0.05, 0.1) is 0 Å². The molecule has 2 aromatic rings. The summed E-state index contributed by atoms with van der Waals surface area (Å²) in [6.07, 6.45) is 1.08. The molecular weight excluding hydrogens is 248 g/mol.